The van der Waals surface area contributed by atoms with Gasteiger partial charge in [0.1, 0.15) is 11.6 Å². The fourth-order valence-corrected chi connectivity index (χ4v) is 5.38. The number of halogens is 1. The molecule has 0 saturated carbocycles. The minimum absolute atomic E-state index is 0.0614. The average Bonchev–Trinajstić information content (AvgIpc) is 3.53. The zero-order valence-corrected chi connectivity index (χ0v) is 20.8. The Kier molecular flexibility index (Phi) is 7.29. The SMILES string of the molecule is Cc1cc(Cl)ccc1-n1c(CNC(=O)CC2CCNC2)nnc1C1CCN(c2ccccn2)CC1. The van der Waals surface area contributed by atoms with Crippen LogP contribution < -0.4 is 15.5 Å². The Morgan fingerprint density at radius 1 is 1.17 bits per heavy atom. The number of rotatable bonds is 7. The molecule has 184 valence electrons. The van der Waals surface area contributed by atoms with Crippen molar-refractivity contribution in [1.29, 1.82) is 0 Å². The molecule has 2 aliphatic heterocycles. The summed E-state index contributed by atoms with van der Waals surface area (Å²) in [4.78, 5) is 19.4. The van der Waals surface area contributed by atoms with Gasteiger partial charge in [-0.25, -0.2) is 4.98 Å². The Balaban J connectivity index is 1.35. The summed E-state index contributed by atoms with van der Waals surface area (Å²) in [6.07, 6.45) is 5.35. The third kappa shape index (κ3) is 5.49. The van der Waals surface area contributed by atoms with Crippen molar-refractivity contribution in [2.24, 2.45) is 5.92 Å². The zero-order valence-electron chi connectivity index (χ0n) is 20.1. The van der Waals surface area contributed by atoms with Gasteiger partial charge in [0.05, 0.1) is 12.2 Å². The fourth-order valence-electron chi connectivity index (χ4n) is 5.15. The van der Waals surface area contributed by atoms with Gasteiger partial charge in [0, 0.05) is 36.6 Å². The summed E-state index contributed by atoms with van der Waals surface area (Å²) in [6, 6.07) is 11.9. The maximum atomic E-state index is 12.6. The Morgan fingerprint density at radius 3 is 2.74 bits per heavy atom. The standard InChI is InChI=1S/C26H32ClN7O/c1-18-14-21(27)5-6-22(18)34-24(17-30-25(35)15-19-7-11-28-16-19)31-32-26(34)20-8-12-33(13-9-20)23-4-2-3-10-29-23/h2-6,10,14,19-20,28H,7-9,11-13,15-17H2,1H3,(H,30,35). The molecule has 3 aromatic rings. The number of aromatic nitrogens is 4. The van der Waals surface area contributed by atoms with Crippen LogP contribution in [0.15, 0.2) is 42.6 Å². The van der Waals surface area contributed by atoms with E-state index < -0.39 is 0 Å². The third-order valence-corrected chi connectivity index (χ3v) is 7.30. The second-order valence-electron chi connectivity index (χ2n) is 9.53. The van der Waals surface area contributed by atoms with Crippen molar-refractivity contribution in [3.63, 3.8) is 0 Å². The number of hydrogen-bond acceptors (Lipinski definition) is 6. The number of hydrogen-bond donors (Lipinski definition) is 2. The highest BCUT2D eigenvalue weighted by Gasteiger charge is 2.28. The molecule has 2 fully saturated rings. The smallest absolute Gasteiger partial charge is 0.220 e. The maximum absolute atomic E-state index is 12.6. The van der Waals surface area contributed by atoms with E-state index in [2.05, 4.69) is 41.3 Å². The second-order valence-corrected chi connectivity index (χ2v) is 9.97. The summed E-state index contributed by atoms with van der Waals surface area (Å²) >= 11 is 6.25. The molecular weight excluding hydrogens is 462 g/mol. The maximum Gasteiger partial charge on any atom is 0.220 e. The van der Waals surface area contributed by atoms with Gasteiger partial charge in [0.25, 0.3) is 0 Å². The minimum Gasteiger partial charge on any atom is -0.357 e. The number of nitrogens with one attached hydrogen (secondary N) is 2. The van der Waals surface area contributed by atoms with E-state index in [1.54, 1.807) is 0 Å². The molecule has 0 aliphatic carbocycles. The summed E-state index contributed by atoms with van der Waals surface area (Å²) < 4.78 is 2.13. The van der Waals surface area contributed by atoms with E-state index >= 15 is 0 Å². The van der Waals surface area contributed by atoms with E-state index in [4.69, 9.17) is 11.6 Å². The molecule has 1 amide bonds. The number of aryl methyl sites for hydroxylation is 1. The number of benzene rings is 1. The van der Waals surface area contributed by atoms with Crippen molar-refractivity contribution in [3.8, 4) is 5.69 Å². The highest BCUT2D eigenvalue weighted by molar-refractivity contribution is 6.30. The lowest BCUT2D eigenvalue weighted by Crippen LogP contribution is -2.34. The van der Waals surface area contributed by atoms with Crippen molar-refractivity contribution in [2.45, 2.75) is 45.1 Å². The largest absolute Gasteiger partial charge is 0.357 e. The van der Waals surface area contributed by atoms with Crippen LogP contribution in [0.25, 0.3) is 5.69 Å². The first-order valence-corrected chi connectivity index (χ1v) is 12.8. The van der Waals surface area contributed by atoms with Crippen LogP contribution in [0, 0.1) is 12.8 Å². The lowest BCUT2D eigenvalue weighted by molar-refractivity contribution is -0.122. The highest BCUT2D eigenvalue weighted by Crippen LogP contribution is 2.32. The predicted molar refractivity (Wildman–Crippen MR) is 137 cm³/mol. The highest BCUT2D eigenvalue weighted by atomic mass is 35.5. The second kappa shape index (κ2) is 10.7. The molecular formula is C26H32ClN7O. The van der Waals surface area contributed by atoms with Gasteiger partial charge in [0.15, 0.2) is 5.82 Å². The number of pyridine rings is 1. The van der Waals surface area contributed by atoms with E-state index in [9.17, 15) is 4.79 Å². The van der Waals surface area contributed by atoms with E-state index in [0.717, 1.165) is 74.2 Å². The molecule has 2 aliphatic rings. The number of nitrogens with zero attached hydrogens (tertiary/aromatic N) is 5. The van der Waals surface area contributed by atoms with Crippen LogP contribution in [0.4, 0.5) is 5.82 Å². The van der Waals surface area contributed by atoms with Crippen molar-refractivity contribution in [1.82, 2.24) is 30.4 Å². The summed E-state index contributed by atoms with van der Waals surface area (Å²) in [7, 11) is 0. The zero-order chi connectivity index (χ0) is 24.2. The molecule has 1 atom stereocenters. The van der Waals surface area contributed by atoms with Crippen molar-refractivity contribution >= 4 is 23.3 Å². The van der Waals surface area contributed by atoms with Gasteiger partial charge in [-0.05, 0) is 81.1 Å². The number of carbonyl (C=O) groups excluding carboxylic acids is 1. The van der Waals surface area contributed by atoms with Gasteiger partial charge in [-0.3, -0.25) is 9.36 Å². The van der Waals surface area contributed by atoms with E-state index in [0.29, 0.717) is 23.9 Å². The summed E-state index contributed by atoms with van der Waals surface area (Å²) in [6.45, 7) is 6.12. The van der Waals surface area contributed by atoms with Crippen molar-refractivity contribution < 1.29 is 4.79 Å². The molecule has 9 heteroatoms. The lowest BCUT2D eigenvalue weighted by atomic mass is 9.95. The predicted octanol–water partition coefficient (Wildman–Crippen LogP) is 3.62. The van der Waals surface area contributed by atoms with Crippen molar-refractivity contribution in [3.05, 3.63) is 64.8 Å². The van der Waals surface area contributed by atoms with Crippen LogP contribution in [0.1, 0.15) is 48.8 Å². The molecule has 5 rings (SSSR count). The van der Waals surface area contributed by atoms with Gasteiger partial charge >= 0.3 is 0 Å². The van der Waals surface area contributed by atoms with Gasteiger partial charge in [-0.2, -0.15) is 0 Å². The van der Waals surface area contributed by atoms with Crippen LogP contribution in [0.3, 0.4) is 0 Å². The Hall–Kier alpha value is -2.97. The average molecular weight is 494 g/mol. The molecule has 1 unspecified atom stereocenters. The summed E-state index contributed by atoms with van der Waals surface area (Å²) in [5.74, 6) is 3.45. The molecule has 0 bridgehead atoms. The van der Waals surface area contributed by atoms with Crippen LogP contribution in [-0.2, 0) is 11.3 Å². The van der Waals surface area contributed by atoms with Crippen LogP contribution in [0.5, 0.6) is 0 Å². The van der Waals surface area contributed by atoms with Gasteiger partial charge in [0.2, 0.25) is 5.91 Å². The normalized spacial score (nSPS) is 18.7. The van der Waals surface area contributed by atoms with Crippen LogP contribution in [0.2, 0.25) is 5.02 Å². The summed E-state index contributed by atoms with van der Waals surface area (Å²) in [5.41, 5.74) is 2.06. The van der Waals surface area contributed by atoms with Crippen molar-refractivity contribution in [2.75, 3.05) is 31.1 Å². The lowest BCUT2D eigenvalue weighted by Gasteiger charge is -2.32. The van der Waals surface area contributed by atoms with Gasteiger partial charge in [-0.1, -0.05) is 17.7 Å². The minimum atomic E-state index is 0.0614. The van der Waals surface area contributed by atoms with E-state index in [1.165, 1.54) is 0 Å². The van der Waals surface area contributed by atoms with Gasteiger partial charge < -0.3 is 15.5 Å². The van der Waals surface area contributed by atoms with Gasteiger partial charge in [-0.15, -0.1) is 10.2 Å². The molecule has 0 radical (unpaired) electrons. The Labute approximate surface area is 211 Å². The number of amides is 1. The Morgan fingerprint density at radius 2 is 2.03 bits per heavy atom. The van der Waals surface area contributed by atoms with E-state index in [-0.39, 0.29) is 11.8 Å². The topological polar surface area (TPSA) is 88.0 Å². The Bertz CT molecular complexity index is 1150. The first kappa shape index (κ1) is 23.8. The van der Waals surface area contributed by atoms with Crippen LogP contribution in [-0.4, -0.2) is 51.8 Å². The molecule has 2 N–H and O–H groups in total. The molecule has 4 heterocycles. The monoisotopic (exact) mass is 493 g/mol. The first-order chi connectivity index (χ1) is 17.1. The molecule has 2 saturated heterocycles. The fraction of sp³-hybridized carbons (Fsp3) is 0.462. The first-order valence-electron chi connectivity index (χ1n) is 12.4. The molecule has 2 aromatic heterocycles. The molecule has 8 nitrogen and oxygen atoms in total. The van der Waals surface area contributed by atoms with E-state index in [1.807, 2.05) is 43.5 Å². The third-order valence-electron chi connectivity index (χ3n) is 7.07. The quantitative estimate of drug-likeness (QED) is 0.522. The number of carbonyl (C=O) groups is 1. The number of anilines is 1. The number of piperidine rings is 1. The van der Waals surface area contributed by atoms with Crippen LogP contribution >= 0.6 is 11.6 Å². The molecule has 1 aromatic carbocycles. The summed E-state index contributed by atoms with van der Waals surface area (Å²) in [5, 5.41) is 16.3. The molecule has 35 heavy (non-hydrogen) atoms. The molecule has 0 spiro atoms.